The second-order valence-corrected chi connectivity index (χ2v) is 9.48. The molecular weight excluding hydrogens is 539 g/mol. The van der Waals surface area contributed by atoms with Crippen LogP contribution in [0.2, 0.25) is 15.1 Å². The van der Waals surface area contributed by atoms with Crippen molar-refractivity contribution in [3.63, 3.8) is 0 Å². The highest BCUT2D eigenvalue weighted by molar-refractivity contribution is 9.10. The molecule has 2 aromatic rings. The van der Waals surface area contributed by atoms with E-state index in [4.69, 9.17) is 39.5 Å². The number of ether oxygens (including phenoxy) is 1. The topological polar surface area (TPSA) is 58.6 Å². The van der Waals surface area contributed by atoms with Crippen molar-refractivity contribution in [3.05, 3.63) is 61.5 Å². The van der Waals surface area contributed by atoms with Crippen molar-refractivity contribution >= 4 is 62.5 Å². The maximum atomic E-state index is 13.2. The zero-order chi connectivity index (χ0) is 23.8. The van der Waals surface area contributed by atoms with E-state index in [2.05, 4.69) is 21.2 Å². The van der Waals surface area contributed by atoms with Crippen molar-refractivity contribution in [3.8, 4) is 5.75 Å². The van der Waals surface area contributed by atoms with Crippen LogP contribution < -0.4 is 10.1 Å². The Balaban J connectivity index is 2.26. The van der Waals surface area contributed by atoms with E-state index >= 15 is 0 Å². The molecule has 0 radical (unpaired) electrons. The molecule has 2 rings (SSSR count). The van der Waals surface area contributed by atoms with E-state index in [1.54, 1.807) is 36.4 Å². The number of amides is 2. The second kappa shape index (κ2) is 12.7. The SMILES string of the molecule is CC[C@@H](C)NC(=O)[C@H](CC)N(Cc1ccc(Cl)c(Cl)c1)C(=O)COc1ccc(Cl)cc1Br. The van der Waals surface area contributed by atoms with Gasteiger partial charge >= 0.3 is 0 Å². The lowest BCUT2D eigenvalue weighted by Crippen LogP contribution is -2.51. The summed E-state index contributed by atoms with van der Waals surface area (Å²) in [6.45, 7) is 5.73. The minimum atomic E-state index is -0.664. The maximum absolute atomic E-state index is 13.2. The van der Waals surface area contributed by atoms with Crippen LogP contribution in [-0.2, 0) is 16.1 Å². The molecule has 2 amide bonds. The van der Waals surface area contributed by atoms with Gasteiger partial charge in [0.1, 0.15) is 11.8 Å². The average molecular weight is 565 g/mol. The molecule has 32 heavy (non-hydrogen) atoms. The monoisotopic (exact) mass is 562 g/mol. The Kier molecular flexibility index (Phi) is 10.6. The van der Waals surface area contributed by atoms with E-state index < -0.39 is 6.04 Å². The number of rotatable bonds is 10. The molecule has 0 bridgehead atoms. The predicted molar refractivity (Wildman–Crippen MR) is 134 cm³/mol. The summed E-state index contributed by atoms with van der Waals surface area (Å²) in [4.78, 5) is 27.7. The smallest absolute Gasteiger partial charge is 0.261 e. The molecule has 0 aliphatic heterocycles. The molecule has 2 atom stereocenters. The summed E-state index contributed by atoms with van der Waals surface area (Å²) in [5.74, 6) is -0.0543. The van der Waals surface area contributed by atoms with Crippen LogP contribution in [0.15, 0.2) is 40.9 Å². The molecule has 0 aliphatic rings. The summed E-state index contributed by atoms with van der Waals surface area (Å²) in [6, 6.07) is 9.52. The standard InChI is InChI=1S/C23H26BrCl3N2O3/c1-4-14(3)28-23(31)20(5-2)29(12-15-6-8-18(26)19(27)10-15)22(30)13-32-21-9-7-16(25)11-17(21)24/h6-11,14,20H,4-5,12-13H2,1-3H3,(H,28,31)/t14-,20+/m1/s1. The van der Waals surface area contributed by atoms with Gasteiger partial charge in [-0.15, -0.1) is 0 Å². The van der Waals surface area contributed by atoms with E-state index in [0.29, 0.717) is 31.7 Å². The summed E-state index contributed by atoms with van der Waals surface area (Å²) in [5, 5.41) is 4.32. The van der Waals surface area contributed by atoms with Gasteiger partial charge < -0.3 is 15.0 Å². The molecule has 0 unspecified atom stereocenters. The van der Waals surface area contributed by atoms with Crippen LogP contribution in [0.1, 0.15) is 39.2 Å². The zero-order valence-corrected chi connectivity index (χ0v) is 22.0. The van der Waals surface area contributed by atoms with Crippen LogP contribution in [0.4, 0.5) is 0 Å². The first-order valence-electron chi connectivity index (χ1n) is 10.3. The van der Waals surface area contributed by atoms with Gasteiger partial charge in [-0.3, -0.25) is 9.59 Å². The predicted octanol–water partition coefficient (Wildman–Crippen LogP) is 6.51. The summed E-state index contributed by atoms with van der Waals surface area (Å²) in [5.41, 5.74) is 0.759. The van der Waals surface area contributed by atoms with Gasteiger partial charge in [-0.25, -0.2) is 0 Å². The largest absolute Gasteiger partial charge is 0.483 e. The van der Waals surface area contributed by atoms with Crippen LogP contribution in [0, 0.1) is 0 Å². The third kappa shape index (κ3) is 7.55. The van der Waals surface area contributed by atoms with Crippen LogP contribution in [-0.4, -0.2) is 35.4 Å². The number of halogens is 4. The summed E-state index contributed by atoms with van der Waals surface area (Å²) < 4.78 is 6.35. The van der Waals surface area contributed by atoms with Crippen molar-refractivity contribution in [2.45, 2.75) is 52.2 Å². The second-order valence-electron chi connectivity index (χ2n) is 7.38. The average Bonchev–Trinajstić information content (AvgIpc) is 2.75. The Morgan fingerprint density at radius 2 is 1.78 bits per heavy atom. The van der Waals surface area contributed by atoms with Gasteiger partial charge in [0.05, 0.1) is 14.5 Å². The van der Waals surface area contributed by atoms with Gasteiger partial charge in [0.2, 0.25) is 5.91 Å². The van der Waals surface area contributed by atoms with E-state index in [-0.39, 0.29) is 31.0 Å². The Labute approximate surface area is 212 Å². The number of nitrogens with zero attached hydrogens (tertiary/aromatic N) is 1. The Morgan fingerprint density at radius 3 is 2.38 bits per heavy atom. The molecule has 0 saturated heterocycles. The normalized spacial score (nSPS) is 12.7. The van der Waals surface area contributed by atoms with Gasteiger partial charge in [-0.2, -0.15) is 0 Å². The molecule has 5 nitrogen and oxygen atoms in total. The van der Waals surface area contributed by atoms with Crippen LogP contribution in [0.25, 0.3) is 0 Å². The lowest BCUT2D eigenvalue weighted by Gasteiger charge is -2.31. The molecule has 2 aromatic carbocycles. The van der Waals surface area contributed by atoms with Crippen LogP contribution >= 0.6 is 50.7 Å². The number of carbonyl (C=O) groups excluding carboxylic acids is 2. The Bertz CT molecular complexity index is 958. The fourth-order valence-electron chi connectivity index (χ4n) is 3.01. The third-order valence-electron chi connectivity index (χ3n) is 4.97. The minimum absolute atomic E-state index is 0.000231. The molecule has 0 heterocycles. The first-order valence-corrected chi connectivity index (χ1v) is 12.2. The number of hydrogen-bond donors (Lipinski definition) is 1. The van der Waals surface area contributed by atoms with E-state index in [1.165, 1.54) is 4.90 Å². The molecule has 0 spiro atoms. The van der Waals surface area contributed by atoms with Crippen molar-refractivity contribution in [1.29, 1.82) is 0 Å². The van der Waals surface area contributed by atoms with Crippen molar-refractivity contribution in [1.82, 2.24) is 10.2 Å². The minimum Gasteiger partial charge on any atom is -0.483 e. The number of nitrogens with one attached hydrogen (secondary N) is 1. The van der Waals surface area contributed by atoms with Crippen LogP contribution in [0.3, 0.4) is 0 Å². The number of carbonyl (C=O) groups is 2. The molecule has 0 aliphatic carbocycles. The van der Waals surface area contributed by atoms with Crippen molar-refractivity contribution < 1.29 is 14.3 Å². The zero-order valence-electron chi connectivity index (χ0n) is 18.1. The number of hydrogen-bond acceptors (Lipinski definition) is 3. The van der Waals surface area contributed by atoms with Gasteiger partial charge in [0.25, 0.3) is 5.91 Å². The van der Waals surface area contributed by atoms with Gasteiger partial charge in [0, 0.05) is 17.6 Å². The van der Waals surface area contributed by atoms with Gasteiger partial charge in [-0.1, -0.05) is 54.7 Å². The van der Waals surface area contributed by atoms with Crippen molar-refractivity contribution in [2.75, 3.05) is 6.61 Å². The lowest BCUT2D eigenvalue weighted by atomic mass is 10.1. The molecular formula is C23H26BrCl3N2O3. The van der Waals surface area contributed by atoms with Crippen LogP contribution in [0.5, 0.6) is 5.75 Å². The molecule has 1 N–H and O–H groups in total. The maximum Gasteiger partial charge on any atom is 0.261 e. The first kappa shape index (κ1) is 26.8. The lowest BCUT2D eigenvalue weighted by molar-refractivity contribution is -0.143. The molecule has 0 fully saturated rings. The highest BCUT2D eigenvalue weighted by Gasteiger charge is 2.29. The van der Waals surface area contributed by atoms with Gasteiger partial charge in [-0.05, 0) is 71.6 Å². The van der Waals surface area contributed by atoms with Gasteiger partial charge in [0.15, 0.2) is 6.61 Å². The molecule has 9 heteroatoms. The summed E-state index contributed by atoms with van der Waals surface area (Å²) >= 11 is 21.5. The van der Waals surface area contributed by atoms with Crippen molar-refractivity contribution in [2.24, 2.45) is 0 Å². The molecule has 0 saturated carbocycles. The highest BCUT2D eigenvalue weighted by atomic mass is 79.9. The highest BCUT2D eigenvalue weighted by Crippen LogP contribution is 2.28. The summed E-state index contributed by atoms with van der Waals surface area (Å²) in [7, 11) is 0. The summed E-state index contributed by atoms with van der Waals surface area (Å²) in [6.07, 6.45) is 1.23. The number of benzene rings is 2. The molecule has 174 valence electrons. The fourth-order valence-corrected chi connectivity index (χ4v) is 4.13. The van der Waals surface area contributed by atoms with E-state index in [9.17, 15) is 9.59 Å². The Morgan fingerprint density at radius 1 is 1.06 bits per heavy atom. The fraction of sp³-hybridized carbons (Fsp3) is 0.391. The van der Waals surface area contributed by atoms with E-state index in [0.717, 1.165) is 12.0 Å². The quantitative estimate of drug-likeness (QED) is 0.358. The van der Waals surface area contributed by atoms with E-state index in [1.807, 2.05) is 20.8 Å². The Hall–Kier alpha value is -1.47. The first-order chi connectivity index (χ1) is 15.2. The third-order valence-corrected chi connectivity index (χ3v) is 6.56. The molecule has 0 aromatic heterocycles.